The molecule has 1 amide bonds. The van der Waals surface area contributed by atoms with Gasteiger partial charge in [0.15, 0.2) is 0 Å². The summed E-state index contributed by atoms with van der Waals surface area (Å²) < 4.78 is 39.3. The normalized spacial score (nSPS) is 14.6. The number of fused-ring (bicyclic) bond motifs is 1. The van der Waals surface area contributed by atoms with Gasteiger partial charge in [0.2, 0.25) is 5.91 Å². The van der Waals surface area contributed by atoms with Gasteiger partial charge in [0.05, 0.1) is 17.6 Å². The molecule has 0 saturated heterocycles. The molecule has 1 aromatic carbocycles. The summed E-state index contributed by atoms with van der Waals surface area (Å²) in [6.45, 7) is 0.392. The van der Waals surface area contributed by atoms with Gasteiger partial charge in [0.1, 0.15) is 12.4 Å². The summed E-state index contributed by atoms with van der Waals surface area (Å²) >= 11 is 0. The van der Waals surface area contributed by atoms with Crippen LogP contribution in [0.25, 0.3) is 0 Å². The number of rotatable bonds is 4. The van der Waals surface area contributed by atoms with Crippen molar-refractivity contribution in [2.45, 2.75) is 25.9 Å². The lowest BCUT2D eigenvalue weighted by atomic mass is 10.2. The van der Waals surface area contributed by atoms with Crippen LogP contribution >= 0.6 is 0 Å². The van der Waals surface area contributed by atoms with Gasteiger partial charge >= 0.3 is 0 Å². The number of carbonyl (C=O) groups is 1. The molecule has 0 bridgehead atoms. The Morgan fingerprint density at radius 1 is 1.35 bits per heavy atom. The van der Waals surface area contributed by atoms with Crippen molar-refractivity contribution in [1.82, 2.24) is 9.78 Å². The molecular weight excluding hydrogens is 309 g/mol. The van der Waals surface area contributed by atoms with Gasteiger partial charge in [-0.15, -0.1) is 0 Å². The van der Waals surface area contributed by atoms with Crippen molar-refractivity contribution in [3.8, 4) is 0 Å². The number of hydrogen-bond donors (Lipinski definition) is 1. The molecule has 0 saturated carbocycles. The highest BCUT2D eigenvalue weighted by atomic mass is 19.3. The fourth-order valence-electron chi connectivity index (χ4n) is 2.57. The molecule has 0 unspecified atom stereocenters. The molecule has 8 heteroatoms. The summed E-state index contributed by atoms with van der Waals surface area (Å²) in [4.78, 5) is 13.6. The summed E-state index contributed by atoms with van der Waals surface area (Å²) in [5, 5.41) is 6.57. The van der Waals surface area contributed by atoms with E-state index in [1.807, 2.05) is 4.90 Å². The highest BCUT2D eigenvalue weighted by Crippen LogP contribution is 2.30. The minimum absolute atomic E-state index is 0.187. The second kappa shape index (κ2) is 6.31. The summed E-state index contributed by atoms with van der Waals surface area (Å²) in [7, 11) is 0. The molecule has 2 heterocycles. The van der Waals surface area contributed by atoms with Crippen molar-refractivity contribution in [3.05, 3.63) is 42.0 Å². The van der Waals surface area contributed by atoms with Gasteiger partial charge < -0.3 is 10.2 Å². The van der Waals surface area contributed by atoms with Crippen LogP contribution in [-0.4, -0.2) is 28.7 Å². The fraction of sp³-hybridized carbons (Fsp3) is 0.333. The standard InChI is InChI=1S/C15H15F3N4O/c16-11-1-2-13-12(5-11)20-15(23)3-4-21(13)7-10-6-19-22(8-10)9-14(17)18/h1-2,5-6,8,14H,3-4,7,9H2,(H,20,23). The number of halogens is 3. The SMILES string of the molecule is O=C1CCN(Cc2cnn(CC(F)F)c2)c2ccc(F)cc2N1. The lowest BCUT2D eigenvalue weighted by Crippen LogP contribution is -2.23. The molecule has 1 aromatic heterocycles. The monoisotopic (exact) mass is 324 g/mol. The summed E-state index contributed by atoms with van der Waals surface area (Å²) in [6, 6.07) is 4.19. The molecule has 2 aromatic rings. The zero-order chi connectivity index (χ0) is 16.4. The van der Waals surface area contributed by atoms with Crippen LogP contribution in [0.4, 0.5) is 24.5 Å². The minimum atomic E-state index is -2.47. The first-order valence-corrected chi connectivity index (χ1v) is 7.15. The van der Waals surface area contributed by atoms with Crippen molar-refractivity contribution in [2.75, 3.05) is 16.8 Å². The second-order valence-electron chi connectivity index (χ2n) is 5.34. The molecule has 1 aliphatic heterocycles. The highest BCUT2D eigenvalue weighted by molar-refractivity contribution is 5.96. The van der Waals surface area contributed by atoms with E-state index in [4.69, 9.17) is 0 Å². The summed E-state index contributed by atoms with van der Waals surface area (Å²) in [5.41, 5.74) is 1.85. The molecule has 0 atom stereocenters. The molecule has 5 nitrogen and oxygen atoms in total. The maximum atomic E-state index is 13.4. The van der Waals surface area contributed by atoms with Crippen LogP contribution in [-0.2, 0) is 17.9 Å². The van der Waals surface area contributed by atoms with Gasteiger partial charge in [0, 0.05) is 31.3 Å². The first-order chi connectivity index (χ1) is 11.0. The highest BCUT2D eigenvalue weighted by Gasteiger charge is 2.20. The third-order valence-electron chi connectivity index (χ3n) is 3.57. The first kappa shape index (κ1) is 15.4. The van der Waals surface area contributed by atoms with Gasteiger partial charge in [-0.2, -0.15) is 5.10 Å². The molecule has 122 valence electrons. The van der Waals surface area contributed by atoms with Crippen molar-refractivity contribution in [3.63, 3.8) is 0 Å². The van der Waals surface area contributed by atoms with Crippen LogP contribution in [0.15, 0.2) is 30.6 Å². The Morgan fingerprint density at radius 3 is 2.96 bits per heavy atom. The van der Waals surface area contributed by atoms with E-state index < -0.39 is 18.8 Å². The van der Waals surface area contributed by atoms with Crippen LogP contribution in [0.1, 0.15) is 12.0 Å². The summed E-state index contributed by atoms with van der Waals surface area (Å²) in [5.74, 6) is -0.622. The topological polar surface area (TPSA) is 50.2 Å². The largest absolute Gasteiger partial charge is 0.365 e. The van der Waals surface area contributed by atoms with Crippen LogP contribution in [0.2, 0.25) is 0 Å². The minimum Gasteiger partial charge on any atom is -0.365 e. The molecule has 0 radical (unpaired) electrons. The van der Waals surface area contributed by atoms with E-state index >= 15 is 0 Å². The molecule has 1 N–H and O–H groups in total. The van der Waals surface area contributed by atoms with Crippen molar-refractivity contribution < 1.29 is 18.0 Å². The number of benzene rings is 1. The number of nitrogens with zero attached hydrogens (tertiary/aromatic N) is 3. The van der Waals surface area contributed by atoms with E-state index in [-0.39, 0.29) is 12.3 Å². The third-order valence-corrected chi connectivity index (χ3v) is 3.57. The van der Waals surface area contributed by atoms with Gasteiger partial charge in [-0.25, -0.2) is 13.2 Å². The van der Waals surface area contributed by atoms with Crippen molar-refractivity contribution in [2.24, 2.45) is 0 Å². The number of aromatic nitrogens is 2. The van der Waals surface area contributed by atoms with Crippen LogP contribution in [0.5, 0.6) is 0 Å². The summed E-state index contributed by atoms with van der Waals surface area (Å²) in [6.07, 6.45) is 0.870. The van der Waals surface area contributed by atoms with Crippen LogP contribution < -0.4 is 10.2 Å². The molecule has 1 aliphatic rings. The van der Waals surface area contributed by atoms with Crippen molar-refractivity contribution >= 4 is 17.3 Å². The fourth-order valence-corrected chi connectivity index (χ4v) is 2.57. The van der Waals surface area contributed by atoms with Gasteiger partial charge in [-0.05, 0) is 18.2 Å². The Kier molecular flexibility index (Phi) is 4.22. The number of amides is 1. The smallest absolute Gasteiger partial charge is 0.257 e. The lowest BCUT2D eigenvalue weighted by Gasteiger charge is -2.23. The average Bonchev–Trinajstić information content (AvgIpc) is 2.83. The van der Waals surface area contributed by atoms with E-state index in [1.54, 1.807) is 12.3 Å². The van der Waals surface area contributed by atoms with E-state index in [9.17, 15) is 18.0 Å². The Balaban J connectivity index is 1.82. The van der Waals surface area contributed by atoms with Crippen LogP contribution in [0.3, 0.4) is 0 Å². The number of anilines is 2. The molecule has 3 rings (SSSR count). The van der Waals surface area contributed by atoms with E-state index in [0.717, 1.165) is 5.56 Å². The van der Waals surface area contributed by atoms with Crippen molar-refractivity contribution in [1.29, 1.82) is 0 Å². The number of alkyl halides is 2. The molecule has 0 fully saturated rings. The first-order valence-electron chi connectivity index (χ1n) is 7.15. The molecule has 0 spiro atoms. The van der Waals surface area contributed by atoms with Crippen LogP contribution in [0, 0.1) is 5.82 Å². The van der Waals surface area contributed by atoms with Gasteiger partial charge in [-0.3, -0.25) is 9.48 Å². The molecule has 0 aliphatic carbocycles. The molecule has 23 heavy (non-hydrogen) atoms. The van der Waals surface area contributed by atoms with Gasteiger partial charge in [0.25, 0.3) is 6.43 Å². The Labute approximate surface area is 130 Å². The predicted molar refractivity (Wildman–Crippen MR) is 78.9 cm³/mol. The average molecular weight is 324 g/mol. The molecular formula is C15H15F3N4O. The quantitative estimate of drug-likeness (QED) is 0.941. The van der Waals surface area contributed by atoms with E-state index in [1.165, 1.54) is 23.0 Å². The predicted octanol–water partition coefficient (Wildman–Crippen LogP) is 2.64. The second-order valence-corrected chi connectivity index (χ2v) is 5.34. The number of hydrogen-bond acceptors (Lipinski definition) is 3. The third kappa shape index (κ3) is 3.64. The lowest BCUT2D eigenvalue weighted by molar-refractivity contribution is -0.115. The number of carbonyl (C=O) groups excluding carboxylic acids is 1. The number of nitrogens with one attached hydrogen (secondary N) is 1. The zero-order valence-corrected chi connectivity index (χ0v) is 12.2. The zero-order valence-electron chi connectivity index (χ0n) is 12.2. The Morgan fingerprint density at radius 2 is 2.17 bits per heavy atom. The Hall–Kier alpha value is -2.51. The maximum Gasteiger partial charge on any atom is 0.257 e. The van der Waals surface area contributed by atoms with Gasteiger partial charge in [-0.1, -0.05) is 0 Å². The Bertz CT molecular complexity index is 716. The van der Waals surface area contributed by atoms with E-state index in [0.29, 0.717) is 24.5 Å². The maximum absolute atomic E-state index is 13.4. The van der Waals surface area contributed by atoms with E-state index in [2.05, 4.69) is 10.4 Å².